The predicted octanol–water partition coefficient (Wildman–Crippen LogP) is 1.74. The Morgan fingerprint density at radius 2 is 2.12 bits per heavy atom. The molecule has 1 aromatic rings. The fourth-order valence-corrected chi connectivity index (χ4v) is 1.49. The Labute approximate surface area is 101 Å². The minimum absolute atomic E-state index is 0.265. The Kier molecular flexibility index (Phi) is 4.37. The summed E-state index contributed by atoms with van der Waals surface area (Å²) in [6.07, 6.45) is 1.08. The molecule has 0 atom stereocenters. The van der Waals surface area contributed by atoms with Gasteiger partial charge in [-0.2, -0.15) is 5.26 Å². The quantitative estimate of drug-likeness (QED) is 0.702. The Morgan fingerprint density at radius 1 is 1.29 bits per heavy atom. The number of para-hydroxylation sites is 1. The van der Waals surface area contributed by atoms with Crippen LogP contribution in [-0.4, -0.2) is 32.5 Å². The molecule has 1 aliphatic heterocycles. The van der Waals surface area contributed by atoms with Crippen molar-refractivity contribution in [2.75, 3.05) is 26.4 Å². The molecule has 1 aromatic carbocycles. The van der Waals surface area contributed by atoms with Gasteiger partial charge in [-0.25, -0.2) is 0 Å². The first-order valence-electron chi connectivity index (χ1n) is 5.71. The lowest BCUT2D eigenvalue weighted by molar-refractivity contribution is -0.130. The molecular formula is C13H15NO3. The Hall–Kier alpha value is -1.57. The topological polar surface area (TPSA) is 51.5 Å². The molecule has 0 saturated carbocycles. The first-order chi connectivity index (χ1) is 8.40. The van der Waals surface area contributed by atoms with Crippen molar-refractivity contribution in [3.05, 3.63) is 29.8 Å². The Balaban J connectivity index is 1.65. The molecule has 1 heterocycles. The van der Waals surface area contributed by atoms with E-state index in [-0.39, 0.29) is 6.10 Å². The van der Waals surface area contributed by atoms with E-state index in [2.05, 4.69) is 6.07 Å². The first-order valence-corrected chi connectivity index (χ1v) is 5.71. The van der Waals surface area contributed by atoms with Gasteiger partial charge in [0.2, 0.25) is 0 Å². The average molecular weight is 233 g/mol. The molecule has 1 fully saturated rings. The highest BCUT2D eigenvalue weighted by Gasteiger charge is 2.18. The maximum Gasteiger partial charge on any atom is 0.137 e. The second-order valence-electron chi connectivity index (χ2n) is 3.84. The van der Waals surface area contributed by atoms with Crippen molar-refractivity contribution in [1.82, 2.24) is 0 Å². The lowest BCUT2D eigenvalue weighted by Crippen LogP contribution is -2.36. The standard InChI is InChI=1S/C13H15NO3/c14-8-11-4-1-2-5-13(11)17-7-3-6-16-12-9-15-10-12/h1-2,4-5,12H,3,6-7,9-10H2. The molecule has 17 heavy (non-hydrogen) atoms. The van der Waals surface area contributed by atoms with E-state index in [1.54, 1.807) is 12.1 Å². The average Bonchev–Trinajstić information content (AvgIpc) is 2.32. The van der Waals surface area contributed by atoms with Gasteiger partial charge in [0.1, 0.15) is 17.9 Å². The van der Waals surface area contributed by atoms with Crippen LogP contribution >= 0.6 is 0 Å². The van der Waals surface area contributed by atoms with Crippen LogP contribution in [0.3, 0.4) is 0 Å². The number of ether oxygens (including phenoxy) is 3. The third-order valence-electron chi connectivity index (χ3n) is 2.51. The van der Waals surface area contributed by atoms with Gasteiger partial charge in [-0.1, -0.05) is 12.1 Å². The largest absolute Gasteiger partial charge is 0.492 e. The summed E-state index contributed by atoms with van der Waals surface area (Å²) in [6, 6.07) is 9.34. The molecule has 0 aromatic heterocycles. The van der Waals surface area contributed by atoms with E-state index < -0.39 is 0 Å². The summed E-state index contributed by atoms with van der Waals surface area (Å²) >= 11 is 0. The van der Waals surface area contributed by atoms with Crippen LogP contribution in [-0.2, 0) is 9.47 Å². The van der Waals surface area contributed by atoms with E-state index in [4.69, 9.17) is 19.5 Å². The van der Waals surface area contributed by atoms with E-state index >= 15 is 0 Å². The molecule has 1 saturated heterocycles. The normalized spacial score (nSPS) is 15.0. The number of nitriles is 1. The zero-order valence-electron chi connectivity index (χ0n) is 9.59. The molecular weight excluding hydrogens is 218 g/mol. The van der Waals surface area contributed by atoms with Crippen LogP contribution in [0.1, 0.15) is 12.0 Å². The monoisotopic (exact) mass is 233 g/mol. The highest BCUT2D eigenvalue weighted by molar-refractivity contribution is 5.42. The van der Waals surface area contributed by atoms with Crippen molar-refractivity contribution in [3.8, 4) is 11.8 Å². The predicted molar refractivity (Wildman–Crippen MR) is 61.8 cm³/mol. The Bertz CT molecular complexity index is 396. The molecule has 4 heteroatoms. The van der Waals surface area contributed by atoms with Gasteiger partial charge in [0.05, 0.1) is 32.0 Å². The summed E-state index contributed by atoms with van der Waals surface area (Å²) in [6.45, 7) is 2.64. The molecule has 0 aliphatic carbocycles. The maximum atomic E-state index is 8.86. The number of benzene rings is 1. The minimum atomic E-state index is 0.265. The Morgan fingerprint density at radius 3 is 2.82 bits per heavy atom. The molecule has 0 N–H and O–H groups in total. The zero-order chi connectivity index (χ0) is 11.9. The maximum absolute atomic E-state index is 8.86. The smallest absolute Gasteiger partial charge is 0.137 e. The fraction of sp³-hybridized carbons (Fsp3) is 0.462. The van der Waals surface area contributed by atoms with Crippen molar-refractivity contribution in [3.63, 3.8) is 0 Å². The number of rotatable bonds is 6. The first kappa shape index (κ1) is 11.9. The van der Waals surface area contributed by atoms with Crippen LogP contribution in [0.25, 0.3) is 0 Å². The van der Waals surface area contributed by atoms with Gasteiger partial charge in [-0.3, -0.25) is 0 Å². The van der Waals surface area contributed by atoms with Crippen LogP contribution in [0.5, 0.6) is 5.75 Å². The van der Waals surface area contributed by atoms with Gasteiger partial charge < -0.3 is 14.2 Å². The second-order valence-corrected chi connectivity index (χ2v) is 3.84. The minimum Gasteiger partial charge on any atom is -0.492 e. The molecule has 2 rings (SSSR count). The number of hydrogen-bond acceptors (Lipinski definition) is 4. The van der Waals surface area contributed by atoms with E-state index in [1.165, 1.54) is 0 Å². The zero-order valence-corrected chi connectivity index (χ0v) is 9.59. The van der Waals surface area contributed by atoms with Gasteiger partial charge in [0.25, 0.3) is 0 Å². The number of hydrogen-bond donors (Lipinski definition) is 0. The number of nitrogens with zero attached hydrogens (tertiary/aromatic N) is 1. The molecule has 0 amide bonds. The summed E-state index contributed by atoms with van der Waals surface area (Å²) in [5, 5.41) is 8.86. The molecule has 0 spiro atoms. The third kappa shape index (κ3) is 3.45. The van der Waals surface area contributed by atoms with Crippen molar-refractivity contribution in [1.29, 1.82) is 5.26 Å². The highest BCUT2D eigenvalue weighted by atomic mass is 16.6. The molecule has 0 bridgehead atoms. The summed E-state index contributed by atoms with van der Waals surface area (Å²) in [7, 11) is 0. The van der Waals surface area contributed by atoms with Crippen LogP contribution < -0.4 is 4.74 Å². The second kappa shape index (κ2) is 6.24. The van der Waals surface area contributed by atoms with E-state index in [9.17, 15) is 0 Å². The van der Waals surface area contributed by atoms with Crippen molar-refractivity contribution in [2.24, 2.45) is 0 Å². The molecule has 0 unspecified atom stereocenters. The third-order valence-corrected chi connectivity index (χ3v) is 2.51. The van der Waals surface area contributed by atoms with Crippen LogP contribution in [0.4, 0.5) is 0 Å². The molecule has 90 valence electrons. The van der Waals surface area contributed by atoms with Crippen molar-refractivity contribution < 1.29 is 14.2 Å². The van der Waals surface area contributed by atoms with Crippen molar-refractivity contribution >= 4 is 0 Å². The lowest BCUT2D eigenvalue weighted by atomic mass is 10.2. The fourth-order valence-electron chi connectivity index (χ4n) is 1.49. The van der Waals surface area contributed by atoms with Gasteiger partial charge in [-0.05, 0) is 12.1 Å². The van der Waals surface area contributed by atoms with Gasteiger partial charge >= 0.3 is 0 Å². The summed E-state index contributed by atoms with van der Waals surface area (Å²) in [5.41, 5.74) is 0.570. The summed E-state index contributed by atoms with van der Waals surface area (Å²) in [5.74, 6) is 0.641. The SMILES string of the molecule is N#Cc1ccccc1OCCCOC1COC1. The molecule has 1 aliphatic rings. The highest BCUT2D eigenvalue weighted by Crippen LogP contribution is 2.16. The van der Waals surface area contributed by atoms with E-state index in [0.717, 1.165) is 6.42 Å². The van der Waals surface area contributed by atoms with Crippen molar-refractivity contribution in [2.45, 2.75) is 12.5 Å². The van der Waals surface area contributed by atoms with Crippen LogP contribution in [0.2, 0.25) is 0 Å². The summed E-state index contributed by atoms with van der Waals surface area (Å²) in [4.78, 5) is 0. The van der Waals surface area contributed by atoms with E-state index in [1.807, 2.05) is 12.1 Å². The lowest BCUT2D eigenvalue weighted by Gasteiger charge is -2.25. The van der Waals surface area contributed by atoms with Gasteiger partial charge in [-0.15, -0.1) is 0 Å². The van der Waals surface area contributed by atoms with E-state index in [0.29, 0.717) is 37.7 Å². The van der Waals surface area contributed by atoms with Gasteiger partial charge in [0.15, 0.2) is 0 Å². The van der Waals surface area contributed by atoms with Gasteiger partial charge in [0, 0.05) is 6.42 Å². The molecule has 0 radical (unpaired) electrons. The van der Waals surface area contributed by atoms with Crippen LogP contribution in [0, 0.1) is 11.3 Å². The summed E-state index contributed by atoms with van der Waals surface area (Å²) < 4.78 is 16.0. The van der Waals surface area contributed by atoms with Crippen LogP contribution in [0.15, 0.2) is 24.3 Å². The molecule has 4 nitrogen and oxygen atoms in total.